The lowest BCUT2D eigenvalue weighted by atomic mass is 10.0. The van der Waals surface area contributed by atoms with Crippen LogP contribution in [0.1, 0.15) is 50.5 Å². The average Bonchev–Trinajstić information content (AvgIpc) is 2.71. The van der Waals surface area contributed by atoms with E-state index in [1.165, 1.54) is 50.5 Å². The number of guanidine groups is 1. The average molecular weight is 364 g/mol. The van der Waals surface area contributed by atoms with Gasteiger partial charge in [-0.15, -0.1) is 0 Å². The van der Waals surface area contributed by atoms with Gasteiger partial charge in [0, 0.05) is 18.9 Å². The number of nitrogens with zero attached hydrogens (tertiary/aromatic N) is 3. The molecule has 27 heavy (non-hydrogen) atoms. The van der Waals surface area contributed by atoms with E-state index in [0.29, 0.717) is 5.96 Å². The summed E-state index contributed by atoms with van der Waals surface area (Å²) in [5, 5.41) is 14.6. The fraction of sp³-hybridized carbons (Fsp3) is 0.409. The summed E-state index contributed by atoms with van der Waals surface area (Å²) >= 11 is 0. The van der Waals surface area contributed by atoms with Crippen molar-refractivity contribution in [2.24, 2.45) is 4.99 Å². The minimum atomic E-state index is 0.490. The zero-order valence-electron chi connectivity index (χ0n) is 15.9. The molecule has 0 unspecified atom stereocenters. The normalized spacial score (nSPS) is 11.0. The molecule has 2 N–H and O–H groups in total. The summed E-state index contributed by atoms with van der Waals surface area (Å²) in [6.07, 6.45) is 15.2. The van der Waals surface area contributed by atoms with Gasteiger partial charge < -0.3 is 5.32 Å². The molecule has 0 radical (unpaired) electrons. The van der Waals surface area contributed by atoms with Crippen molar-refractivity contribution in [2.75, 3.05) is 6.54 Å². The van der Waals surface area contributed by atoms with Crippen LogP contribution >= 0.6 is 0 Å². The van der Waals surface area contributed by atoms with Crippen molar-refractivity contribution in [3.8, 4) is 6.19 Å². The molecule has 0 saturated carbocycles. The number of unbranched alkanes of at least 4 members (excludes halogenated alkanes) is 6. The van der Waals surface area contributed by atoms with Gasteiger partial charge in [-0.3, -0.25) is 10.3 Å². The van der Waals surface area contributed by atoms with Gasteiger partial charge in [-0.1, -0.05) is 62.4 Å². The van der Waals surface area contributed by atoms with Crippen molar-refractivity contribution in [1.29, 1.82) is 5.26 Å². The summed E-state index contributed by atoms with van der Waals surface area (Å²) in [6.45, 7) is 0.812. The number of pyridine rings is 1. The van der Waals surface area contributed by atoms with E-state index in [1.54, 1.807) is 24.5 Å². The van der Waals surface area contributed by atoms with Crippen LogP contribution in [0, 0.1) is 11.5 Å². The van der Waals surface area contributed by atoms with Gasteiger partial charge >= 0.3 is 0 Å². The predicted molar refractivity (Wildman–Crippen MR) is 111 cm³/mol. The Bertz CT molecular complexity index is 692. The highest BCUT2D eigenvalue weighted by Crippen LogP contribution is 2.11. The minimum absolute atomic E-state index is 0.490. The monoisotopic (exact) mass is 363 g/mol. The molecule has 1 aromatic heterocycles. The lowest BCUT2D eigenvalue weighted by Crippen LogP contribution is -2.34. The maximum Gasteiger partial charge on any atom is 0.209 e. The van der Waals surface area contributed by atoms with Crippen molar-refractivity contribution >= 4 is 11.6 Å². The van der Waals surface area contributed by atoms with Crippen LogP contribution in [-0.2, 0) is 6.42 Å². The lowest BCUT2D eigenvalue weighted by Gasteiger charge is -2.08. The highest BCUT2D eigenvalue weighted by Gasteiger charge is 1.99. The quantitative estimate of drug-likeness (QED) is 0.199. The van der Waals surface area contributed by atoms with E-state index < -0.39 is 0 Å². The van der Waals surface area contributed by atoms with Crippen LogP contribution in [0.2, 0.25) is 0 Å². The summed E-state index contributed by atoms with van der Waals surface area (Å²) in [5.74, 6) is 0.490. The topological polar surface area (TPSA) is 73.1 Å². The van der Waals surface area contributed by atoms with Crippen molar-refractivity contribution in [1.82, 2.24) is 15.6 Å². The fourth-order valence-corrected chi connectivity index (χ4v) is 2.90. The molecule has 0 fully saturated rings. The molecule has 0 aliphatic heterocycles. The van der Waals surface area contributed by atoms with Crippen molar-refractivity contribution in [3.05, 3.63) is 60.4 Å². The van der Waals surface area contributed by atoms with Gasteiger partial charge in [-0.25, -0.2) is 4.99 Å². The highest BCUT2D eigenvalue weighted by atomic mass is 15.2. The molecular weight excluding hydrogens is 334 g/mol. The predicted octanol–water partition coefficient (Wildman–Crippen LogP) is 4.70. The number of aryl methyl sites for hydroxylation is 1. The molecule has 5 heteroatoms. The number of benzene rings is 1. The van der Waals surface area contributed by atoms with Gasteiger partial charge in [0.1, 0.15) is 0 Å². The van der Waals surface area contributed by atoms with Crippen molar-refractivity contribution in [2.45, 2.75) is 51.4 Å². The number of hydrogen-bond donors (Lipinski definition) is 2. The Kier molecular flexibility index (Phi) is 10.1. The highest BCUT2D eigenvalue weighted by molar-refractivity contribution is 5.83. The number of rotatable bonds is 11. The van der Waals surface area contributed by atoms with Crippen LogP contribution in [0.25, 0.3) is 0 Å². The third-order valence-electron chi connectivity index (χ3n) is 4.36. The van der Waals surface area contributed by atoms with Crippen LogP contribution in [0.15, 0.2) is 59.9 Å². The number of aliphatic imine (C=N–C) groups is 1. The Hall–Kier alpha value is -2.87. The van der Waals surface area contributed by atoms with Crippen LogP contribution in [0.4, 0.5) is 5.69 Å². The minimum Gasteiger partial charge on any atom is -0.355 e. The molecule has 0 aliphatic carbocycles. The number of nitriles is 1. The Morgan fingerprint density at radius 1 is 0.889 bits per heavy atom. The van der Waals surface area contributed by atoms with Gasteiger partial charge in [-0.2, -0.15) is 5.26 Å². The Balaban J connectivity index is 1.49. The number of nitrogens with one attached hydrogen (secondary N) is 2. The molecule has 2 aromatic rings. The molecule has 1 aromatic carbocycles. The van der Waals surface area contributed by atoms with Crippen molar-refractivity contribution in [3.63, 3.8) is 0 Å². The Morgan fingerprint density at radius 3 is 2.26 bits per heavy atom. The molecule has 0 spiro atoms. The van der Waals surface area contributed by atoms with Crippen LogP contribution < -0.4 is 10.6 Å². The zero-order chi connectivity index (χ0) is 19.0. The SMILES string of the molecule is N#CNC(=Nc1ccncc1)NCCCCCCCCCc1ccccc1. The van der Waals surface area contributed by atoms with Gasteiger partial charge in [0.25, 0.3) is 0 Å². The second-order valence-corrected chi connectivity index (χ2v) is 6.54. The Morgan fingerprint density at radius 2 is 1.56 bits per heavy atom. The first kappa shape index (κ1) is 20.4. The zero-order valence-corrected chi connectivity index (χ0v) is 15.9. The van der Waals surface area contributed by atoms with E-state index >= 15 is 0 Å². The molecule has 0 amide bonds. The molecular formula is C22H29N5. The number of aromatic nitrogens is 1. The van der Waals surface area contributed by atoms with E-state index in [0.717, 1.165) is 18.7 Å². The smallest absolute Gasteiger partial charge is 0.209 e. The summed E-state index contributed by atoms with van der Waals surface area (Å²) in [5.41, 5.74) is 2.21. The van der Waals surface area contributed by atoms with Gasteiger partial charge in [0.2, 0.25) is 5.96 Å². The number of hydrogen-bond acceptors (Lipinski definition) is 3. The third-order valence-corrected chi connectivity index (χ3v) is 4.36. The molecule has 0 bridgehead atoms. The first-order valence-electron chi connectivity index (χ1n) is 9.80. The van der Waals surface area contributed by atoms with Gasteiger partial charge in [-0.05, 0) is 37.0 Å². The lowest BCUT2D eigenvalue weighted by molar-refractivity contribution is 0.575. The molecule has 2 rings (SSSR count). The van der Waals surface area contributed by atoms with E-state index in [1.807, 2.05) is 6.19 Å². The van der Waals surface area contributed by atoms with Crippen LogP contribution in [-0.4, -0.2) is 17.5 Å². The first-order valence-corrected chi connectivity index (χ1v) is 9.80. The summed E-state index contributed by atoms with van der Waals surface area (Å²) in [6, 6.07) is 14.3. The fourth-order valence-electron chi connectivity index (χ4n) is 2.90. The summed E-state index contributed by atoms with van der Waals surface area (Å²) in [4.78, 5) is 8.33. The summed E-state index contributed by atoms with van der Waals surface area (Å²) < 4.78 is 0. The van der Waals surface area contributed by atoms with E-state index in [4.69, 9.17) is 5.26 Å². The van der Waals surface area contributed by atoms with Gasteiger partial charge in [0.05, 0.1) is 5.69 Å². The van der Waals surface area contributed by atoms with Crippen LogP contribution in [0.3, 0.4) is 0 Å². The van der Waals surface area contributed by atoms with E-state index in [9.17, 15) is 0 Å². The van der Waals surface area contributed by atoms with E-state index in [-0.39, 0.29) is 0 Å². The maximum atomic E-state index is 8.84. The standard InChI is InChI=1S/C22H29N5/c23-19-26-22(27-21-14-17-24-18-15-21)25-16-10-5-3-1-2-4-7-11-20-12-8-6-9-13-20/h6,8-9,12-15,17-18H,1-5,7,10-11,16H2,(H2,24,25,26,27). The molecule has 142 valence electrons. The molecule has 0 saturated heterocycles. The Labute approximate surface area is 162 Å². The molecule has 0 aliphatic rings. The second-order valence-electron chi connectivity index (χ2n) is 6.54. The molecule has 5 nitrogen and oxygen atoms in total. The largest absolute Gasteiger partial charge is 0.355 e. The maximum absolute atomic E-state index is 8.84. The molecule has 1 heterocycles. The summed E-state index contributed by atoms with van der Waals surface area (Å²) in [7, 11) is 0. The second kappa shape index (κ2) is 13.3. The van der Waals surface area contributed by atoms with Gasteiger partial charge in [0.15, 0.2) is 6.19 Å². The molecule has 0 atom stereocenters. The van der Waals surface area contributed by atoms with Crippen LogP contribution in [0.5, 0.6) is 0 Å². The third kappa shape index (κ3) is 9.41. The van der Waals surface area contributed by atoms with E-state index in [2.05, 4.69) is 50.9 Å². The first-order chi connectivity index (χ1) is 13.4. The van der Waals surface area contributed by atoms with Crippen molar-refractivity contribution < 1.29 is 0 Å².